The van der Waals surface area contributed by atoms with Gasteiger partial charge in [-0.1, -0.05) is 41.9 Å². The molecule has 4 rings (SSSR count). The summed E-state index contributed by atoms with van der Waals surface area (Å²) in [4.78, 5) is 29.5. The number of hydrogen-bond acceptors (Lipinski definition) is 4. The van der Waals surface area contributed by atoms with Crippen molar-refractivity contribution in [2.24, 2.45) is 0 Å². The van der Waals surface area contributed by atoms with Gasteiger partial charge >= 0.3 is 0 Å². The number of pyridine rings is 1. The van der Waals surface area contributed by atoms with Crippen LogP contribution in [-0.4, -0.2) is 32.6 Å². The van der Waals surface area contributed by atoms with Gasteiger partial charge in [-0.15, -0.1) is 0 Å². The summed E-state index contributed by atoms with van der Waals surface area (Å²) in [6.07, 6.45) is 2.62. The number of halogens is 1. The van der Waals surface area contributed by atoms with E-state index in [1.807, 2.05) is 71.5 Å². The zero-order valence-electron chi connectivity index (χ0n) is 20.4. The zero-order valence-corrected chi connectivity index (χ0v) is 21.1. The van der Waals surface area contributed by atoms with Crippen LogP contribution in [0.5, 0.6) is 0 Å². The SMILES string of the molecule is Cc1[nH]c(=O)c(C#N)c(C)c1CCC(=O)N(C)Cc1cn(-c2ccccc2)nc1-c1ccc(Cl)cc1. The first-order valence-electron chi connectivity index (χ1n) is 11.5. The summed E-state index contributed by atoms with van der Waals surface area (Å²) in [7, 11) is 1.77. The van der Waals surface area contributed by atoms with E-state index in [-0.39, 0.29) is 17.9 Å². The average molecular weight is 500 g/mol. The van der Waals surface area contributed by atoms with Gasteiger partial charge in [-0.3, -0.25) is 9.59 Å². The lowest BCUT2D eigenvalue weighted by Crippen LogP contribution is -2.27. The van der Waals surface area contributed by atoms with Crippen LogP contribution in [0.3, 0.4) is 0 Å². The molecule has 1 N–H and O–H groups in total. The molecule has 0 unspecified atom stereocenters. The van der Waals surface area contributed by atoms with Gasteiger partial charge in [-0.25, -0.2) is 4.68 Å². The van der Waals surface area contributed by atoms with Crippen LogP contribution < -0.4 is 5.56 Å². The Morgan fingerprint density at radius 3 is 2.50 bits per heavy atom. The fourth-order valence-electron chi connectivity index (χ4n) is 4.28. The average Bonchev–Trinajstić information content (AvgIpc) is 3.28. The Labute approximate surface area is 214 Å². The van der Waals surface area contributed by atoms with Crippen LogP contribution in [0.25, 0.3) is 16.9 Å². The maximum Gasteiger partial charge on any atom is 0.266 e. The molecule has 2 aromatic heterocycles. The van der Waals surface area contributed by atoms with Gasteiger partial charge in [0, 0.05) is 48.1 Å². The van der Waals surface area contributed by atoms with Crippen LogP contribution in [0.1, 0.15) is 34.4 Å². The van der Waals surface area contributed by atoms with Crippen LogP contribution in [0, 0.1) is 25.2 Å². The molecule has 182 valence electrons. The Morgan fingerprint density at radius 1 is 1.14 bits per heavy atom. The lowest BCUT2D eigenvalue weighted by molar-refractivity contribution is -0.130. The second-order valence-electron chi connectivity index (χ2n) is 8.71. The summed E-state index contributed by atoms with van der Waals surface area (Å²) in [6.45, 7) is 3.91. The Balaban J connectivity index is 1.57. The zero-order chi connectivity index (χ0) is 25.8. The fourth-order valence-corrected chi connectivity index (χ4v) is 4.40. The van der Waals surface area contributed by atoms with Crippen molar-refractivity contribution in [2.75, 3.05) is 7.05 Å². The number of H-pyrrole nitrogens is 1. The number of nitrogens with one attached hydrogen (secondary N) is 1. The molecule has 2 aromatic carbocycles. The Kier molecular flexibility index (Phi) is 7.37. The number of hydrogen-bond donors (Lipinski definition) is 1. The van der Waals surface area contributed by atoms with E-state index >= 15 is 0 Å². The first-order chi connectivity index (χ1) is 17.3. The van der Waals surface area contributed by atoms with Crippen LogP contribution in [-0.2, 0) is 17.8 Å². The number of amides is 1. The number of nitrogens with zero attached hydrogens (tertiary/aromatic N) is 4. The van der Waals surface area contributed by atoms with Gasteiger partial charge in [0.1, 0.15) is 11.6 Å². The lowest BCUT2D eigenvalue weighted by Gasteiger charge is -2.18. The summed E-state index contributed by atoms with van der Waals surface area (Å²) >= 11 is 6.09. The number of carbonyl (C=O) groups is 1. The van der Waals surface area contributed by atoms with E-state index in [0.717, 1.165) is 28.1 Å². The highest BCUT2D eigenvalue weighted by Crippen LogP contribution is 2.26. The van der Waals surface area contributed by atoms with E-state index in [1.54, 1.807) is 25.8 Å². The van der Waals surface area contributed by atoms with Crippen molar-refractivity contribution in [2.45, 2.75) is 33.2 Å². The van der Waals surface area contributed by atoms with Crippen molar-refractivity contribution in [3.05, 3.63) is 104 Å². The van der Waals surface area contributed by atoms with Crippen molar-refractivity contribution >= 4 is 17.5 Å². The first-order valence-corrected chi connectivity index (χ1v) is 11.9. The van der Waals surface area contributed by atoms with Crippen molar-refractivity contribution in [1.82, 2.24) is 19.7 Å². The predicted octanol–water partition coefficient (Wildman–Crippen LogP) is 4.96. The molecule has 4 aromatic rings. The highest BCUT2D eigenvalue weighted by molar-refractivity contribution is 6.30. The van der Waals surface area contributed by atoms with Gasteiger partial charge in [0.15, 0.2) is 0 Å². The molecule has 0 spiro atoms. The third-order valence-corrected chi connectivity index (χ3v) is 6.52. The number of carbonyl (C=O) groups excluding carboxylic acids is 1. The molecule has 2 heterocycles. The molecule has 0 saturated carbocycles. The van der Waals surface area contributed by atoms with E-state index in [1.165, 1.54) is 0 Å². The molecule has 0 fully saturated rings. The van der Waals surface area contributed by atoms with Gasteiger partial charge in [-0.05, 0) is 55.7 Å². The van der Waals surface area contributed by atoms with Crippen molar-refractivity contribution in [1.29, 1.82) is 5.26 Å². The van der Waals surface area contributed by atoms with Crippen LogP contribution >= 0.6 is 11.6 Å². The first kappa shape index (κ1) is 25.0. The van der Waals surface area contributed by atoms with E-state index in [0.29, 0.717) is 29.2 Å². The molecule has 0 aliphatic heterocycles. The molecule has 7 nitrogen and oxygen atoms in total. The number of para-hydroxylation sites is 1. The van der Waals surface area contributed by atoms with Gasteiger partial charge in [0.05, 0.1) is 11.4 Å². The van der Waals surface area contributed by atoms with E-state index < -0.39 is 5.56 Å². The van der Waals surface area contributed by atoms with Crippen LogP contribution in [0.15, 0.2) is 65.6 Å². The lowest BCUT2D eigenvalue weighted by atomic mass is 9.99. The summed E-state index contributed by atoms with van der Waals surface area (Å²) < 4.78 is 1.81. The molecule has 0 radical (unpaired) electrons. The van der Waals surface area contributed by atoms with Crippen molar-refractivity contribution in [3.63, 3.8) is 0 Å². The molecule has 0 aliphatic rings. The highest BCUT2D eigenvalue weighted by atomic mass is 35.5. The standard InChI is InChI=1S/C28H26ClN5O2/c1-18-24(19(2)31-28(36)25(18)15-30)13-14-26(35)33(3)16-21-17-34(23-7-5-4-6-8-23)32-27(21)20-9-11-22(29)12-10-20/h4-12,17H,13-14,16H2,1-3H3,(H,31,36). The molecule has 0 saturated heterocycles. The van der Waals surface area contributed by atoms with E-state index in [2.05, 4.69) is 4.98 Å². The second-order valence-corrected chi connectivity index (χ2v) is 9.15. The van der Waals surface area contributed by atoms with Gasteiger partial charge in [-0.2, -0.15) is 10.4 Å². The minimum absolute atomic E-state index is 0.0481. The maximum absolute atomic E-state index is 13.1. The third kappa shape index (κ3) is 5.24. The van der Waals surface area contributed by atoms with E-state index in [4.69, 9.17) is 16.7 Å². The van der Waals surface area contributed by atoms with Gasteiger partial charge in [0.25, 0.3) is 5.56 Å². The third-order valence-electron chi connectivity index (χ3n) is 6.27. The quantitative estimate of drug-likeness (QED) is 0.388. The Morgan fingerprint density at radius 2 is 1.83 bits per heavy atom. The van der Waals surface area contributed by atoms with Crippen LogP contribution in [0.4, 0.5) is 0 Å². The minimum Gasteiger partial charge on any atom is -0.341 e. The molecule has 1 amide bonds. The predicted molar refractivity (Wildman–Crippen MR) is 140 cm³/mol. The molecule has 0 bridgehead atoms. The normalized spacial score (nSPS) is 10.8. The number of rotatable bonds is 7. The molecule has 8 heteroatoms. The molecular formula is C28H26ClN5O2. The van der Waals surface area contributed by atoms with Crippen LogP contribution in [0.2, 0.25) is 5.02 Å². The highest BCUT2D eigenvalue weighted by Gasteiger charge is 2.19. The summed E-state index contributed by atoms with van der Waals surface area (Å²) in [6, 6.07) is 19.2. The smallest absolute Gasteiger partial charge is 0.266 e. The Hall–Kier alpha value is -4.15. The summed E-state index contributed by atoms with van der Waals surface area (Å²) in [5.74, 6) is -0.0481. The molecule has 0 aliphatic carbocycles. The minimum atomic E-state index is -0.398. The van der Waals surface area contributed by atoms with Gasteiger partial charge in [0.2, 0.25) is 5.91 Å². The monoisotopic (exact) mass is 499 g/mol. The number of nitriles is 1. The molecular weight excluding hydrogens is 474 g/mol. The molecule has 36 heavy (non-hydrogen) atoms. The number of benzene rings is 2. The summed E-state index contributed by atoms with van der Waals surface area (Å²) in [5, 5.41) is 14.8. The topological polar surface area (TPSA) is 94.8 Å². The number of aromatic amines is 1. The fraction of sp³-hybridized carbons (Fsp3) is 0.214. The number of aromatic nitrogens is 3. The molecule has 0 atom stereocenters. The largest absolute Gasteiger partial charge is 0.341 e. The number of aryl methyl sites for hydroxylation is 1. The summed E-state index contributed by atoms with van der Waals surface area (Å²) in [5.41, 5.74) is 5.35. The van der Waals surface area contributed by atoms with E-state index in [9.17, 15) is 14.9 Å². The van der Waals surface area contributed by atoms with Crippen molar-refractivity contribution in [3.8, 4) is 23.0 Å². The second kappa shape index (κ2) is 10.6. The maximum atomic E-state index is 13.1. The van der Waals surface area contributed by atoms with Gasteiger partial charge < -0.3 is 9.88 Å². The Bertz CT molecular complexity index is 1500. The van der Waals surface area contributed by atoms with Crippen molar-refractivity contribution < 1.29 is 4.79 Å².